The van der Waals surface area contributed by atoms with Crippen LogP contribution in [0.2, 0.25) is 0 Å². The third-order valence-corrected chi connectivity index (χ3v) is 2.06. The van der Waals surface area contributed by atoms with Crippen LogP contribution < -0.4 is 4.74 Å². The van der Waals surface area contributed by atoms with Gasteiger partial charge in [-0.1, -0.05) is 0 Å². The zero-order chi connectivity index (χ0) is 11.4. The first-order valence-corrected chi connectivity index (χ1v) is 4.54. The minimum absolute atomic E-state index is 0.00421. The van der Waals surface area contributed by atoms with Crippen LogP contribution in [0.4, 0.5) is 4.39 Å². The van der Waals surface area contributed by atoms with Crippen LogP contribution in [0.15, 0.2) is 12.1 Å². The molecule has 0 bridgehead atoms. The summed E-state index contributed by atoms with van der Waals surface area (Å²) in [6.45, 7) is 0. The number of hydrogen-bond acceptors (Lipinski definition) is 3. The SMILES string of the molecule is COc1cc(F)cc(C(=O)CCl)c1C#N. The molecule has 0 radical (unpaired) electrons. The molecule has 0 aliphatic carbocycles. The largest absolute Gasteiger partial charge is 0.495 e. The minimum Gasteiger partial charge on any atom is -0.495 e. The number of Topliss-reactive ketones (excluding diaryl/α,β-unsaturated/α-hetero) is 1. The molecule has 5 heteroatoms. The van der Waals surface area contributed by atoms with Gasteiger partial charge in [-0.25, -0.2) is 4.39 Å². The van der Waals surface area contributed by atoms with E-state index in [9.17, 15) is 9.18 Å². The van der Waals surface area contributed by atoms with Crippen LogP contribution in [0.25, 0.3) is 0 Å². The maximum absolute atomic E-state index is 13.0. The maximum atomic E-state index is 13.0. The van der Waals surface area contributed by atoms with Crippen LogP contribution in [-0.2, 0) is 0 Å². The van der Waals surface area contributed by atoms with Gasteiger partial charge in [0.05, 0.1) is 13.0 Å². The van der Waals surface area contributed by atoms with E-state index in [1.807, 2.05) is 0 Å². The number of nitrogens with zero attached hydrogens (tertiary/aromatic N) is 1. The third-order valence-electron chi connectivity index (χ3n) is 1.82. The van der Waals surface area contributed by atoms with E-state index in [1.165, 1.54) is 7.11 Å². The van der Waals surface area contributed by atoms with Crippen molar-refractivity contribution in [1.82, 2.24) is 0 Å². The Labute approximate surface area is 91.0 Å². The van der Waals surface area contributed by atoms with Gasteiger partial charge in [-0.2, -0.15) is 5.26 Å². The molecule has 15 heavy (non-hydrogen) atoms. The van der Waals surface area contributed by atoms with Crippen molar-refractivity contribution < 1.29 is 13.9 Å². The number of methoxy groups -OCH3 is 1. The lowest BCUT2D eigenvalue weighted by atomic mass is 10.0. The molecule has 0 N–H and O–H groups in total. The maximum Gasteiger partial charge on any atom is 0.179 e. The molecule has 3 nitrogen and oxygen atoms in total. The molecule has 0 saturated heterocycles. The number of ether oxygens (including phenoxy) is 1. The highest BCUT2D eigenvalue weighted by atomic mass is 35.5. The van der Waals surface area contributed by atoms with Crippen LogP contribution in [0, 0.1) is 17.1 Å². The molecule has 0 aliphatic rings. The Morgan fingerprint density at radius 2 is 2.33 bits per heavy atom. The first-order chi connectivity index (χ1) is 7.13. The van der Waals surface area contributed by atoms with Crippen molar-refractivity contribution in [3.63, 3.8) is 0 Å². The van der Waals surface area contributed by atoms with Crippen molar-refractivity contribution in [2.24, 2.45) is 0 Å². The Morgan fingerprint density at radius 3 is 2.80 bits per heavy atom. The van der Waals surface area contributed by atoms with Crippen molar-refractivity contribution in [3.05, 3.63) is 29.1 Å². The van der Waals surface area contributed by atoms with E-state index in [4.69, 9.17) is 21.6 Å². The zero-order valence-corrected chi connectivity index (χ0v) is 8.64. The normalized spacial score (nSPS) is 9.47. The lowest BCUT2D eigenvalue weighted by Crippen LogP contribution is -2.06. The van der Waals surface area contributed by atoms with Crippen LogP contribution in [-0.4, -0.2) is 18.8 Å². The van der Waals surface area contributed by atoms with Crippen LogP contribution in [0.3, 0.4) is 0 Å². The molecule has 1 rings (SSSR count). The topological polar surface area (TPSA) is 50.1 Å². The Bertz CT molecular complexity index is 440. The molecular formula is C10H7ClFNO2. The lowest BCUT2D eigenvalue weighted by Gasteiger charge is -2.06. The molecule has 0 unspecified atom stereocenters. The van der Waals surface area contributed by atoms with Gasteiger partial charge in [0.15, 0.2) is 5.78 Å². The predicted octanol–water partition coefficient (Wildman–Crippen LogP) is 2.13. The third kappa shape index (κ3) is 2.25. The fourth-order valence-electron chi connectivity index (χ4n) is 1.15. The molecule has 0 atom stereocenters. The molecule has 0 amide bonds. The van der Waals surface area contributed by atoms with E-state index in [0.29, 0.717) is 0 Å². The number of halogens is 2. The van der Waals surface area contributed by atoms with Crippen molar-refractivity contribution in [3.8, 4) is 11.8 Å². The minimum atomic E-state index is -0.640. The van der Waals surface area contributed by atoms with Gasteiger partial charge in [0, 0.05) is 11.6 Å². The summed E-state index contributed by atoms with van der Waals surface area (Å²) < 4.78 is 17.8. The summed E-state index contributed by atoms with van der Waals surface area (Å²) in [4.78, 5) is 11.3. The monoisotopic (exact) mass is 227 g/mol. The van der Waals surface area contributed by atoms with E-state index >= 15 is 0 Å². The number of carbonyl (C=O) groups is 1. The average molecular weight is 228 g/mol. The second kappa shape index (κ2) is 4.76. The Hall–Kier alpha value is -1.60. The van der Waals surface area contributed by atoms with Gasteiger partial charge >= 0.3 is 0 Å². The number of carbonyl (C=O) groups excluding carboxylic acids is 1. The quantitative estimate of drug-likeness (QED) is 0.587. The van der Waals surface area contributed by atoms with E-state index in [2.05, 4.69) is 0 Å². The smallest absolute Gasteiger partial charge is 0.179 e. The summed E-state index contributed by atoms with van der Waals surface area (Å²) in [6, 6.07) is 3.81. The summed E-state index contributed by atoms with van der Waals surface area (Å²) in [5.41, 5.74) is -0.0473. The summed E-state index contributed by atoms with van der Waals surface area (Å²) >= 11 is 5.34. The number of ketones is 1. The molecule has 0 aliphatic heterocycles. The highest BCUT2D eigenvalue weighted by Gasteiger charge is 2.16. The molecule has 1 aromatic rings. The predicted molar refractivity (Wildman–Crippen MR) is 52.7 cm³/mol. The summed E-state index contributed by atoms with van der Waals surface area (Å²) in [6.07, 6.45) is 0. The number of benzene rings is 1. The first-order valence-electron chi connectivity index (χ1n) is 4.00. The van der Waals surface area contributed by atoms with Gasteiger partial charge < -0.3 is 4.74 Å². The Kier molecular flexibility index (Phi) is 3.64. The Balaban J connectivity index is 3.43. The van der Waals surface area contributed by atoms with E-state index in [-0.39, 0.29) is 22.8 Å². The highest BCUT2D eigenvalue weighted by Crippen LogP contribution is 2.23. The van der Waals surface area contributed by atoms with E-state index in [0.717, 1.165) is 12.1 Å². The fourth-order valence-corrected chi connectivity index (χ4v) is 1.29. The average Bonchev–Trinajstić information content (AvgIpc) is 2.26. The van der Waals surface area contributed by atoms with E-state index in [1.54, 1.807) is 6.07 Å². The molecule has 0 spiro atoms. The number of rotatable bonds is 3. The van der Waals surface area contributed by atoms with Gasteiger partial charge in [0.2, 0.25) is 0 Å². The zero-order valence-electron chi connectivity index (χ0n) is 7.88. The van der Waals surface area contributed by atoms with Crippen molar-refractivity contribution >= 4 is 17.4 Å². The Morgan fingerprint density at radius 1 is 1.67 bits per heavy atom. The van der Waals surface area contributed by atoms with Gasteiger partial charge in [0.25, 0.3) is 0 Å². The summed E-state index contributed by atoms with van der Waals surface area (Å²) in [5, 5.41) is 8.82. The van der Waals surface area contributed by atoms with Crippen molar-refractivity contribution in [2.45, 2.75) is 0 Å². The van der Waals surface area contributed by atoms with E-state index < -0.39 is 11.6 Å². The molecular weight excluding hydrogens is 221 g/mol. The highest BCUT2D eigenvalue weighted by molar-refractivity contribution is 6.30. The summed E-state index contributed by atoms with van der Waals surface area (Å²) in [5.74, 6) is -1.42. The molecule has 0 heterocycles. The molecule has 0 aromatic heterocycles. The van der Waals surface area contributed by atoms with Gasteiger partial charge in [-0.05, 0) is 6.07 Å². The number of alkyl halides is 1. The first kappa shape index (κ1) is 11.5. The van der Waals surface area contributed by atoms with Gasteiger partial charge in [-0.15, -0.1) is 11.6 Å². The fraction of sp³-hybridized carbons (Fsp3) is 0.200. The summed E-state index contributed by atoms with van der Waals surface area (Å²) in [7, 11) is 1.30. The second-order valence-electron chi connectivity index (χ2n) is 2.70. The van der Waals surface area contributed by atoms with Crippen LogP contribution >= 0.6 is 11.6 Å². The molecule has 0 fully saturated rings. The molecule has 78 valence electrons. The van der Waals surface area contributed by atoms with Gasteiger partial charge in [-0.3, -0.25) is 4.79 Å². The second-order valence-corrected chi connectivity index (χ2v) is 2.97. The van der Waals surface area contributed by atoms with Crippen LogP contribution in [0.5, 0.6) is 5.75 Å². The van der Waals surface area contributed by atoms with Crippen molar-refractivity contribution in [2.75, 3.05) is 13.0 Å². The van der Waals surface area contributed by atoms with Gasteiger partial charge in [0.1, 0.15) is 23.2 Å². The number of nitriles is 1. The molecule has 1 aromatic carbocycles. The van der Waals surface area contributed by atoms with Crippen molar-refractivity contribution in [1.29, 1.82) is 5.26 Å². The standard InChI is InChI=1S/C10H7ClFNO2/c1-15-10-3-6(12)2-7(8(10)5-13)9(14)4-11/h2-3H,4H2,1H3. The lowest BCUT2D eigenvalue weighted by molar-refractivity contribution is 0.102. The molecule has 0 saturated carbocycles. The van der Waals surface area contributed by atoms with Crippen LogP contribution in [0.1, 0.15) is 15.9 Å². The number of hydrogen-bond donors (Lipinski definition) is 0.